The Bertz CT molecular complexity index is 577. The Labute approximate surface area is 92.7 Å². The molecule has 1 aliphatic carbocycles. The number of aromatic nitrogens is 1. The van der Waals surface area contributed by atoms with E-state index in [2.05, 4.69) is 4.98 Å². The van der Waals surface area contributed by atoms with E-state index in [1.807, 2.05) is 30.3 Å². The number of hydrogen-bond acceptors (Lipinski definition) is 3. The number of pyridine rings is 1. The van der Waals surface area contributed by atoms with Gasteiger partial charge in [-0.05, 0) is 18.2 Å². The molecule has 3 heteroatoms. The average molecular weight is 213 g/mol. The Morgan fingerprint density at radius 1 is 1.12 bits per heavy atom. The van der Waals surface area contributed by atoms with Crippen molar-refractivity contribution in [3.8, 4) is 0 Å². The van der Waals surface area contributed by atoms with Crippen LogP contribution in [-0.2, 0) is 0 Å². The van der Waals surface area contributed by atoms with Crippen LogP contribution in [-0.4, -0.2) is 21.3 Å². The van der Waals surface area contributed by atoms with Crippen LogP contribution >= 0.6 is 0 Å². The SMILES string of the molecule is O[C@@H]1C=Cc2nc3ccccc3cc2[C@H]1O. The van der Waals surface area contributed by atoms with Crippen LogP contribution < -0.4 is 0 Å². The topological polar surface area (TPSA) is 53.4 Å². The highest BCUT2D eigenvalue weighted by Gasteiger charge is 2.23. The molecule has 2 atom stereocenters. The fourth-order valence-electron chi connectivity index (χ4n) is 2.00. The van der Waals surface area contributed by atoms with Crippen molar-refractivity contribution in [1.82, 2.24) is 4.98 Å². The molecule has 0 saturated heterocycles. The van der Waals surface area contributed by atoms with Gasteiger partial charge in [-0.3, -0.25) is 0 Å². The van der Waals surface area contributed by atoms with Crippen LogP contribution in [0, 0.1) is 0 Å². The maximum atomic E-state index is 9.85. The highest BCUT2D eigenvalue weighted by Crippen LogP contribution is 2.29. The second kappa shape index (κ2) is 3.40. The zero-order valence-corrected chi connectivity index (χ0v) is 8.54. The lowest BCUT2D eigenvalue weighted by Gasteiger charge is -2.21. The first-order valence-corrected chi connectivity index (χ1v) is 5.20. The van der Waals surface area contributed by atoms with Crippen LogP contribution in [0.4, 0.5) is 0 Å². The Balaban J connectivity index is 2.29. The third kappa shape index (κ3) is 1.33. The van der Waals surface area contributed by atoms with Crippen LogP contribution in [0.2, 0.25) is 0 Å². The summed E-state index contributed by atoms with van der Waals surface area (Å²) in [5, 5.41) is 20.4. The summed E-state index contributed by atoms with van der Waals surface area (Å²) < 4.78 is 0. The summed E-state index contributed by atoms with van der Waals surface area (Å²) in [7, 11) is 0. The van der Waals surface area contributed by atoms with Crippen molar-refractivity contribution < 1.29 is 10.2 Å². The highest BCUT2D eigenvalue weighted by atomic mass is 16.3. The zero-order valence-electron chi connectivity index (χ0n) is 8.54. The van der Waals surface area contributed by atoms with Gasteiger partial charge in [0.2, 0.25) is 0 Å². The number of aliphatic hydroxyl groups is 2. The van der Waals surface area contributed by atoms with Gasteiger partial charge in [-0.25, -0.2) is 4.98 Å². The van der Waals surface area contributed by atoms with Gasteiger partial charge in [-0.1, -0.05) is 24.3 Å². The van der Waals surface area contributed by atoms with Gasteiger partial charge in [0.25, 0.3) is 0 Å². The third-order valence-corrected chi connectivity index (χ3v) is 2.88. The van der Waals surface area contributed by atoms with E-state index < -0.39 is 12.2 Å². The fourth-order valence-corrected chi connectivity index (χ4v) is 2.00. The molecule has 1 heterocycles. The fraction of sp³-hybridized carbons (Fsp3) is 0.154. The Morgan fingerprint density at radius 3 is 2.81 bits per heavy atom. The number of hydrogen-bond donors (Lipinski definition) is 2. The lowest BCUT2D eigenvalue weighted by atomic mass is 9.95. The molecule has 1 aliphatic rings. The van der Waals surface area contributed by atoms with Crippen molar-refractivity contribution in [3.05, 3.63) is 47.7 Å². The number of aliphatic hydroxyl groups excluding tert-OH is 2. The summed E-state index contributed by atoms with van der Waals surface area (Å²) in [6, 6.07) is 9.62. The van der Waals surface area contributed by atoms with E-state index in [0.717, 1.165) is 16.6 Å². The maximum absolute atomic E-state index is 9.85. The van der Waals surface area contributed by atoms with Gasteiger partial charge < -0.3 is 10.2 Å². The van der Waals surface area contributed by atoms with E-state index in [1.165, 1.54) is 0 Å². The molecule has 0 aliphatic heterocycles. The molecule has 2 N–H and O–H groups in total. The molecular formula is C13H11NO2. The van der Waals surface area contributed by atoms with Gasteiger partial charge >= 0.3 is 0 Å². The minimum Gasteiger partial charge on any atom is -0.386 e. The predicted molar refractivity (Wildman–Crippen MR) is 61.7 cm³/mol. The molecule has 3 rings (SSSR count). The van der Waals surface area contributed by atoms with Crippen molar-refractivity contribution in [2.45, 2.75) is 12.2 Å². The zero-order chi connectivity index (χ0) is 11.1. The van der Waals surface area contributed by atoms with Crippen LogP contribution in [0.1, 0.15) is 17.4 Å². The quantitative estimate of drug-likeness (QED) is 0.699. The van der Waals surface area contributed by atoms with Crippen LogP contribution in [0.15, 0.2) is 36.4 Å². The third-order valence-electron chi connectivity index (χ3n) is 2.88. The van der Waals surface area contributed by atoms with Crippen molar-refractivity contribution in [1.29, 1.82) is 0 Å². The molecule has 0 bridgehead atoms. The van der Waals surface area contributed by atoms with Crippen LogP contribution in [0.25, 0.3) is 17.0 Å². The van der Waals surface area contributed by atoms with Crippen LogP contribution in [0.3, 0.4) is 0 Å². The molecule has 3 nitrogen and oxygen atoms in total. The minimum atomic E-state index is -0.878. The Hall–Kier alpha value is -1.71. The summed E-state index contributed by atoms with van der Waals surface area (Å²) in [5.74, 6) is 0. The molecule has 0 unspecified atom stereocenters. The Kier molecular flexibility index (Phi) is 2.02. The standard InChI is InChI=1S/C13H11NO2/c15-12-6-5-11-9(13(12)16)7-8-3-1-2-4-10(8)14-11/h1-7,12-13,15-16H/t12-,13-/m1/s1. The molecule has 0 saturated carbocycles. The van der Waals surface area contributed by atoms with Crippen molar-refractivity contribution in [3.63, 3.8) is 0 Å². The number of fused-ring (bicyclic) bond motifs is 2. The van der Waals surface area contributed by atoms with Gasteiger partial charge in [0, 0.05) is 10.9 Å². The monoisotopic (exact) mass is 213 g/mol. The molecule has 16 heavy (non-hydrogen) atoms. The normalized spacial score (nSPS) is 23.4. The number of nitrogens with zero attached hydrogens (tertiary/aromatic N) is 1. The number of para-hydroxylation sites is 1. The van der Waals surface area contributed by atoms with Gasteiger partial charge in [-0.2, -0.15) is 0 Å². The van der Waals surface area contributed by atoms with Crippen LogP contribution in [0.5, 0.6) is 0 Å². The van der Waals surface area contributed by atoms with E-state index in [1.54, 1.807) is 12.2 Å². The van der Waals surface area contributed by atoms with Gasteiger partial charge in [0.05, 0.1) is 11.2 Å². The van der Waals surface area contributed by atoms with Gasteiger partial charge in [0.15, 0.2) is 0 Å². The molecule has 0 amide bonds. The molecule has 1 aromatic carbocycles. The molecule has 0 radical (unpaired) electrons. The predicted octanol–water partition coefficient (Wildman–Crippen LogP) is 1.66. The van der Waals surface area contributed by atoms with E-state index in [4.69, 9.17) is 0 Å². The second-order valence-corrected chi connectivity index (χ2v) is 3.95. The smallest absolute Gasteiger partial charge is 0.111 e. The largest absolute Gasteiger partial charge is 0.386 e. The number of benzene rings is 1. The average Bonchev–Trinajstić information content (AvgIpc) is 2.32. The van der Waals surface area contributed by atoms with E-state index in [9.17, 15) is 10.2 Å². The first-order valence-electron chi connectivity index (χ1n) is 5.20. The van der Waals surface area contributed by atoms with Gasteiger partial charge in [-0.15, -0.1) is 0 Å². The van der Waals surface area contributed by atoms with E-state index in [0.29, 0.717) is 5.56 Å². The highest BCUT2D eigenvalue weighted by molar-refractivity contribution is 5.81. The molecule has 0 spiro atoms. The summed E-state index contributed by atoms with van der Waals surface area (Å²) in [5.41, 5.74) is 2.32. The summed E-state index contributed by atoms with van der Waals surface area (Å²) >= 11 is 0. The minimum absolute atomic E-state index is 0.689. The first-order chi connectivity index (χ1) is 7.75. The van der Waals surface area contributed by atoms with E-state index >= 15 is 0 Å². The summed E-state index contributed by atoms with van der Waals surface area (Å²) in [6.07, 6.45) is 1.60. The second-order valence-electron chi connectivity index (χ2n) is 3.95. The molecular weight excluding hydrogens is 202 g/mol. The molecule has 80 valence electrons. The van der Waals surface area contributed by atoms with Crippen molar-refractivity contribution >= 4 is 17.0 Å². The van der Waals surface area contributed by atoms with Crippen molar-refractivity contribution in [2.75, 3.05) is 0 Å². The Morgan fingerprint density at radius 2 is 1.94 bits per heavy atom. The lowest BCUT2D eigenvalue weighted by Crippen LogP contribution is -2.20. The lowest BCUT2D eigenvalue weighted by molar-refractivity contribution is 0.0468. The molecule has 2 aromatic rings. The number of rotatable bonds is 0. The summed E-state index contributed by atoms with van der Waals surface area (Å²) in [6.45, 7) is 0. The summed E-state index contributed by atoms with van der Waals surface area (Å²) in [4.78, 5) is 4.44. The molecule has 0 fully saturated rings. The first kappa shape index (κ1) is 9.51. The van der Waals surface area contributed by atoms with Gasteiger partial charge in [0.1, 0.15) is 12.2 Å². The van der Waals surface area contributed by atoms with E-state index in [-0.39, 0.29) is 0 Å². The molecule has 1 aromatic heterocycles. The maximum Gasteiger partial charge on any atom is 0.111 e. The van der Waals surface area contributed by atoms with Crippen molar-refractivity contribution in [2.24, 2.45) is 0 Å².